The summed E-state index contributed by atoms with van der Waals surface area (Å²) in [5, 5.41) is 1.16. The van der Waals surface area contributed by atoms with E-state index in [-0.39, 0.29) is 10.5 Å². The van der Waals surface area contributed by atoms with Gasteiger partial charge in [-0.1, -0.05) is 30.4 Å². The van der Waals surface area contributed by atoms with Crippen molar-refractivity contribution in [3.8, 4) is 0 Å². The van der Waals surface area contributed by atoms with Gasteiger partial charge in [0.05, 0.1) is 8.80 Å². The Hall–Kier alpha value is -0.703. The van der Waals surface area contributed by atoms with Crippen molar-refractivity contribution in [2.24, 2.45) is 0 Å². The van der Waals surface area contributed by atoms with Crippen molar-refractivity contribution in [3.05, 3.63) is 30.1 Å². The second-order valence-corrected chi connectivity index (χ2v) is 5.09. The zero-order valence-corrected chi connectivity index (χ0v) is 7.60. The summed E-state index contributed by atoms with van der Waals surface area (Å²) >= 11 is 0. The van der Waals surface area contributed by atoms with E-state index in [1.54, 1.807) is 12.1 Å². The molecular formula is C8H11F2Si. The summed E-state index contributed by atoms with van der Waals surface area (Å²) in [6.07, 6.45) is 0. The molecule has 0 fully saturated rings. The molecule has 11 heavy (non-hydrogen) atoms. The van der Waals surface area contributed by atoms with Crippen LogP contribution in [0.25, 0.3) is 0 Å². The Kier molecular flexibility index (Phi) is 3.96. The average Bonchev–Trinajstić information content (AvgIpc) is 1.88. The van der Waals surface area contributed by atoms with Gasteiger partial charge in [-0.2, -0.15) is 0 Å². The van der Waals surface area contributed by atoms with Crippen LogP contribution in [0, 0.1) is 5.82 Å². The molecule has 1 radical (unpaired) electrons. The van der Waals surface area contributed by atoms with Crippen molar-refractivity contribution in [2.45, 2.75) is 13.1 Å². The normalized spacial score (nSPS) is 9.45. The molecule has 0 aliphatic heterocycles. The molecule has 0 nitrogen and oxygen atoms in total. The molecule has 0 saturated carbocycles. The minimum atomic E-state index is -0.474. The SMILES string of the molecule is C[Si](C)c1cccc(F)c1.F. The number of hydrogen-bond donors (Lipinski definition) is 0. The van der Waals surface area contributed by atoms with Crippen molar-refractivity contribution in [1.29, 1.82) is 0 Å². The Balaban J connectivity index is 0.000001000. The van der Waals surface area contributed by atoms with E-state index in [2.05, 4.69) is 13.1 Å². The Labute approximate surface area is 67.0 Å². The molecule has 0 atom stereocenters. The summed E-state index contributed by atoms with van der Waals surface area (Å²) in [4.78, 5) is 0. The summed E-state index contributed by atoms with van der Waals surface area (Å²) in [5.74, 6) is -0.122. The molecule has 0 spiro atoms. The van der Waals surface area contributed by atoms with Crippen molar-refractivity contribution in [3.63, 3.8) is 0 Å². The minimum Gasteiger partial charge on any atom is -0.269 e. The maximum absolute atomic E-state index is 12.5. The van der Waals surface area contributed by atoms with E-state index in [0.717, 1.165) is 5.19 Å². The fourth-order valence-corrected chi connectivity index (χ4v) is 1.66. The van der Waals surface area contributed by atoms with Crippen molar-refractivity contribution in [1.82, 2.24) is 0 Å². The molecule has 3 heteroatoms. The fourth-order valence-electron chi connectivity index (χ4n) is 0.799. The van der Waals surface area contributed by atoms with Gasteiger partial charge in [0, 0.05) is 0 Å². The third-order valence-electron chi connectivity index (χ3n) is 1.40. The van der Waals surface area contributed by atoms with Gasteiger partial charge in [0.1, 0.15) is 5.82 Å². The monoisotopic (exact) mass is 173 g/mol. The molecule has 0 N–H and O–H groups in total. The van der Waals surface area contributed by atoms with E-state index in [1.165, 1.54) is 6.07 Å². The van der Waals surface area contributed by atoms with Crippen LogP contribution in [0.3, 0.4) is 0 Å². The Morgan fingerprint density at radius 2 is 1.91 bits per heavy atom. The molecule has 1 aromatic carbocycles. The minimum absolute atomic E-state index is 0. The molecule has 0 aliphatic rings. The van der Waals surface area contributed by atoms with E-state index < -0.39 is 8.80 Å². The highest BCUT2D eigenvalue weighted by atomic mass is 28.3. The van der Waals surface area contributed by atoms with Crippen molar-refractivity contribution >= 4 is 14.0 Å². The summed E-state index contributed by atoms with van der Waals surface area (Å²) in [7, 11) is -0.474. The van der Waals surface area contributed by atoms with E-state index in [9.17, 15) is 4.39 Å². The second kappa shape index (κ2) is 4.23. The van der Waals surface area contributed by atoms with E-state index in [4.69, 9.17) is 0 Å². The van der Waals surface area contributed by atoms with Crippen LogP contribution in [-0.4, -0.2) is 8.80 Å². The zero-order valence-electron chi connectivity index (χ0n) is 6.60. The first-order valence-corrected chi connectivity index (χ1v) is 5.76. The molecule has 1 rings (SSSR count). The van der Waals surface area contributed by atoms with Gasteiger partial charge in [-0.3, -0.25) is 4.70 Å². The lowest BCUT2D eigenvalue weighted by Crippen LogP contribution is -2.22. The first kappa shape index (κ1) is 10.3. The summed E-state index contributed by atoms with van der Waals surface area (Å²) in [6, 6.07) is 6.85. The maximum Gasteiger partial charge on any atom is 0.123 e. The predicted octanol–water partition coefficient (Wildman–Crippen LogP) is 1.94. The van der Waals surface area contributed by atoms with Gasteiger partial charge >= 0.3 is 0 Å². The van der Waals surface area contributed by atoms with Gasteiger partial charge in [0.2, 0.25) is 0 Å². The Morgan fingerprint density at radius 1 is 1.27 bits per heavy atom. The molecule has 0 aromatic heterocycles. The largest absolute Gasteiger partial charge is 0.269 e. The van der Waals surface area contributed by atoms with Gasteiger partial charge < -0.3 is 0 Å². The summed E-state index contributed by atoms with van der Waals surface area (Å²) in [5.41, 5.74) is 0. The molecular weight excluding hydrogens is 162 g/mol. The van der Waals surface area contributed by atoms with Crippen LogP contribution in [-0.2, 0) is 0 Å². The third kappa shape index (κ3) is 2.80. The Morgan fingerprint density at radius 3 is 2.27 bits per heavy atom. The highest BCUT2D eigenvalue weighted by Crippen LogP contribution is 1.94. The van der Waals surface area contributed by atoms with Gasteiger partial charge in [-0.15, -0.1) is 0 Å². The standard InChI is InChI=1S/C8H10FSi.FH/c1-10(2)8-5-3-4-7(9)6-8;/h3-6H,1-2H3;1H. The lowest BCUT2D eigenvalue weighted by molar-refractivity contribution is 0.629. The lowest BCUT2D eigenvalue weighted by atomic mass is 10.3. The smallest absolute Gasteiger partial charge is 0.123 e. The molecule has 1 aromatic rings. The van der Waals surface area contributed by atoms with Crippen LogP contribution >= 0.6 is 0 Å². The van der Waals surface area contributed by atoms with Crippen LogP contribution in [0.5, 0.6) is 0 Å². The Bertz CT molecular complexity index is 223. The lowest BCUT2D eigenvalue weighted by Gasteiger charge is -2.01. The summed E-state index contributed by atoms with van der Waals surface area (Å²) in [6.45, 7) is 4.30. The highest BCUT2D eigenvalue weighted by molar-refractivity contribution is 6.70. The van der Waals surface area contributed by atoms with E-state index in [0.29, 0.717) is 0 Å². The molecule has 0 amide bonds. The molecule has 0 aliphatic carbocycles. The van der Waals surface area contributed by atoms with Crippen molar-refractivity contribution < 1.29 is 9.09 Å². The predicted molar refractivity (Wildman–Crippen MR) is 46.0 cm³/mol. The number of benzene rings is 1. The third-order valence-corrected chi connectivity index (χ3v) is 2.87. The topological polar surface area (TPSA) is 0 Å². The van der Waals surface area contributed by atoms with Gasteiger partial charge in [-0.05, 0) is 12.1 Å². The average molecular weight is 173 g/mol. The number of halogens is 2. The molecule has 0 bridgehead atoms. The van der Waals surface area contributed by atoms with Crippen LogP contribution in [0.15, 0.2) is 24.3 Å². The van der Waals surface area contributed by atoms with Crippen molar-refractivity contribution in [2.75, 3.05) is 0 Å². The first-order valence-electron chi connectivity index (χ1n) is 3.26. The van der Waals surface area contributed by atoms with Gasteiger partial charge in [0.15, 0.2) is 0 Å². The van der Waals surface area contributed by atoms with Crippen LogP contribution in [0.4, 0.5) is 9.09 Å². The number of rotatable bonds is 1. The van der Waals surface area contributed by atoms with Gasteiger partial charge in [-0.25, -0.2) is 4.39 Å². The molecule has 0 heterocycles. The maximum atomic E-state index is 12.5. The fraction of sp³-hybridized carbons (Fsp3) is 0.250. The quantitative estimate of drug-likeness (QED) is 0.569. The van der Waals surface area contributed by atoms with E-state index >= 15 is 0 Å². The van der Waals surface area contributed by atoms with Crippen LogP contribution in [0.1, 0.15) is 0 Å². The second-order valence-electron chi connectivity index (χ2n) is 2.51. The van der Waals surface area contributed by atoms with E-state index in [1.807, 2.05) is 6.07 Å². The van der Waals surface area contributed by atoms with Crippen LogP contribution in [0.2, 0.25) is 13.1 Å². The zero-order chi connectivity index (χ0) is 7.56. The first-order chi connectivity index (χ1) is 4.70. The molecule has 0 saturated heterocycles. The van der Waals surface area contributed by atoms with Crippen LogP contribution < -0.4 is 5.19 Å². The highest BCUT2D eigenvalue weighted by Gasteiger charge is 1.99. The van der Waals surface area contributed by atoms with Gasteiger partial charge in [0.25, 0.3) is 0 Å². The summed E-state index contributed by atoms with van der Waals surface area (Å²) < 4.78 is 12.5. The molecule has 61 valence electrons. The number of hydrogen-bond acceptors (Lipinski definition) is 0. The molecule has 0 unspecified atom stereocenters.